The van der Waals surface area contributed by atoms with Crippen LogP contribution < -0.4 is 0 Å². The van der Waals surface area contributed by atoms with Gasteiger partial charge in [0.15, 0.2) is 0 Å². The summed E-state index contributed by atoms with van der Waals surface area (Å²) in [5.41, 5.74) is 1.08. The molecule has 3 heteroatoms. The largest absolute Gasteiger partial charge is 0.392 e. The van der Waals surface area contributed by atoms with Gasteiger partial charge in [-0.15, -0.1) is 0 Å². The Hall–Kier alpha value is -0.830. The van der Waals surface area contributed by atoms with Crippen molar-refractivity contribution in [3.8, 4) is 0 Å². The molecule has 1 aromatic rings. The second kappa shape index (κ2) is 4.13. The quantitative estimate of drug-likeness (QED) is 0.797. The zero-order valence-corrected chi connectivity index (χ0v) is 9.49. The van der Waals surface area contributed by atoms with Gasteiger partial charge in [0, 0.05) is 19.7 Å². The maximum Gasteiger partial charge on any atom is 0.0632 e. The Labute approximate surface area is 85.8 Å². The fraction of sp³-hybridized carbons (Fsp3) is 0.727. The van der Waals surface area contributed by atoms with E-state index < -0.39 is 0 Å². The van der Waals surface area contributed by atoms with E-state index in [0.29, 0.717) is 6.42 Å². The van der Waals surface area contributed by atoms with Crippen molar-refractivity contribution in [2.24, 2.45) is 12.5 Å². The molecule has 1 rings (SSSR count). The summed E-state index contributed by atoms with van der Waals surface area (Å²) in [6.45, 7) is 6.29. The Balaban J connectivity index is 2.61. The highest BCUT2D eigenvalue weighted by Crippen LogP contribution is 2.26. The molecule has 0 saturated heterocycles. The van der Waals surface area contributed by atoms with E-state index in [0.717, 1.165) is 12.0 Å². The first-order valence-electron chi connectivity index (χ1n) is 5.11. The molecule has 0 aliphatic rings. The van der Waals surface area contributed by atoms with E-state index in [1.807, 2.05) is 19.4 Å². The van der Waals surface area contributed by atoms with Crippen LogP contribution in [0.3, 0.4) is 0 Å². The Bertz CT molecular complexity index is 291. The van der Waals surface area contributed by atoms with Crippen molar-refractivity contribution in [2.75, 3.05) is 0 Å². The summed E-state index contributed by atoms with van der Waals surface area (Å²) in [5.74, 6) is 0. The van der Waals surface area contributed by atoms with Crippen molar-refractivity contribution in [3.05, 3.63) is 18.0 Å². The first kappa shape index (κ1) is 11.2. The third-order valence-electron chi connectivity index (χ3n) is 3.00. The number of hydrogen-bond acceptors (Lipinski definition) is 2. The van der Waals surface area contributed by atoms with E-state index in [2.05, 4.69) is 25.9 Å². The van der Waals surface area contributed by atoms with Crippen molar-refractivity contribution in [1.82, 2.24) is 9.78 Å². The highest BCUT2D eigenvalue weighted by Gasteiger charge is 2.25. The molecule has 0 aliphatic heterocycles. The number of nitrogens with zero attached hydrogens (tertiary/aromatic N) is 2. The number of aliphatic hydroxyl groups excluding tert-OH is 1. The van der Waals surface area contributed by atoms with Gasteiger partial charge >= 0.3 is 0 Å². The van der Waals surface area contributed by atoms with Crippen LogP contribution in [0.1, 0.15) is 32.8 Å². The van der Waals surface area contributed by atoms with Gasteiger partial charge in [0.05, 0.1) is 12.3 Å². The van der Waals surface area contributed by atoms with Crippen LogP contribution in [0.25, 0.3) is 0 Å². The number of aromatic nitrogens is 2. The standard InChI is InChI=1S/C11H20N2O/c1-5-11(2,3)10(14)6-9-7-12-13(4)8-9/h7-8,10,14H,5-6H2,1-4H3. The highest BCUT2D eigenvalue weighted by atomic mass is 16.3. The van der Waals surface area contributed by atoms with Crippen molar-refractivity contribution in [2.45, 2.75) is 39.7 Å². The summed E-state index contributed by atoms with van der Waals surface area (Å²) >= 11 is 0. The maximum absolute atomic E-state index is 10.0. The van der Waals surface area contributed by atoms with Crippen molar-refractivity contribution < 1.29 is 5.11 Å². The normalized spacial score (nSPS) is 14.4. The summed E-state index contributed by atoms with van der Waals surface area (Å²) in [6.07, 6.45) is 5.14. The summed E-state index contributed by atoms with van der Waals surface area (Å²) in [7, 11) is 1.89. The molecule has 0 radical (unpaired) electrons. The topological polar surface area (TPSA) is 38.1 Å². The van der Waals surface area contributed by atoms with Crippen LogP contribution in [0.2, 0.25) is 0 Å². The zero-order valence-electron chi connectivity index (χ0n) is 9.49. The Morgan fingerprint density at radius 3 is 2.64 bits per heavy atom. The lowest BCUT2D eigenvalue weighted by molar-refractivity contribution is 0.0479. The van der Waals surface area contributed by atoms with Gasteiger partial charge < -0.3 is 5.11 Å². The average molecular weight is 196 g/mol. The fourth-order valence-electron chi connectivity index (χ4n) is 1.31. The molecule has 1 unspecified atom stereocenters. The van der Waals surface area contributed by atoms with Gasteiger partial charge in [0.25, 0.3) is 0 Å². The van der Waals surface area contributed by atoms with Gasteiger partial charge in [-0.1, -0.05) is 20.8 Å². The van der Waals surface area contributed by atoms with Crippen molar-refractivity contribution >= 4 is 0 Å². The molecule has 0 saturated carbocycles. The van der Waals surface area contributed by atoms with Gasteiger partial charge in [0.2, 0.25) is 0 Å². The van der Waals surface area contributed by atoms with E-state index in [9.17, 15) is 5.11 Å². The Kier molecular flexibility index (Phi) is 3.32. The van der Waals surface area contributed by atoms with E-state index in [-0.39, 0.29) is 11.5 Å². The van der Waals surface area contributed by atoms with E-state index in [1.54, 1.807) is 4.68 Å². The van der Waals surface area contributed by atoms with Crippen molar-refractivity contribution in [1.29, 1.82) is 0 Å². The highest BCUT2D eigenvalue weighted by molar-refractivity contribution is 5.06. The molecule has 0 aliphatic carbocycles. The van der Waals surface area contributed by atoms with Crippen molar-refractivity contribution in [3.63, 3.8) is 0 Å². The van der Waals surface area contributed by atoms with Crippen LogP contribution >= 0.6 is 0 Å². The molecule has 1 N–H and O–H groups in total. The lowest BCUT2D eigenvalue weighted by Gasteiger charge is -2.28. The molecule has 0 spiro atoms. The SMILES string of the molecule is CCC(C)(C)C(O)Cc1cnn(C)c1. The molecule has 0 amide bonds. The second-order valence-electron chi connectivity index (χ2n) is 4.58. The molecule has 0 bridgehead atoms. The molecule has 3 nitrogen and oxygen atoms in total. The van der Waals surface area contributed by atoms with Crippen LogP contribution in [-0.2, 0) is 13.5 Å². The van der Waals surface area contributed by atoms with E-state index in [4.69, 9.17) is 0 Å². The second-order valence-corrected chi connectivity index (χ2v) is 4.58. The van der Waals surface area contributed by atoms with Gasteiger partial charge in [0.1, 0.15) is 0 Å². The predicted molar refractivity (Wildman–Crippen MR) is 57.0 cm³/mol. The lowest BCUT2D eigenvalue weighted by Crippen LogP contribution is -2.30. The first-order valence-corrected chi connectivity index (χ1v) is 5.11. The molecular weight excluding hydrogens is 176 g/mol. The van der Waals surface area contributed by atoms with Gasteiger partial charge in [-0.3, -0.25) is 4.68 Å². The third kappa shape index (κ3) is 2.58. The Morgan fingerprint density at radius 2 is 2.21 bits per heavy atom. The number of aliphatic hydroxyl groups is 1. The minimum Gasteiger partial charge on any atom is -0.392 e. The molecular formula is C11H20N2O. The monoisotopic (exact) mass is 196 g/mol. The van der Waals surface area contributed by atoms with E-state index >= 15 is 0 Å². The summed E-state index contributed by atoms with van der Waals surface area (Å²) in [5, 5.41) is 14.1. The van der Waals surface area contributed by atoms with Crippen LogP contribution in [0.5, 0.6) is 0 Å². The van der Waals surface area contributed by atoms with Crippen LogP contribution in [0, 0.1) is 5.41 Å². The molecule has 0 aromatic carbocycles. The summed E-state index contributed by atoms with van der Waals surface area (Å²) in [6, 6.07) is 0. The van der Waals surface area contributed by atoms with Gasteiger partial charge in [-0.2, -0.15) is 5.10 Å². The summed E-state index contributed by atoms with van der Waals surface area (Å²) < 4.78 is 1.76. The van der Waals surface area contributed by atoms with Gasteiger partial charge in [-0.25, -0.2) is 0 Å². The number of rotatable bonds is 4. The smallest absolute Gasteiger partial charge is 0.0632 e. The first-order chi connectivity index (χ1) is 6.45. The zero-order chi connectivity index (χ0) is 10.8. The molecule has 1 aromatic heterocycles. The molecule has 14 heavy (non-hydrogen) atoms. The number of hydrogen-bond donors (Lipinski definition) is 1. The average Bonchev–Trinajstić information content (AvgIpc) is 2.51. The van der Waals surface area contributed by atoms with Gasteiger partial charge in [-0.05, 0) is 17.4 Å². The molecule has 1 heterocycles. The summed E-state index contributed by atoms with van der Waals surface area (Å²) in [4.78, 5) is 0. The Morgan fingerprint density at radius 1 is 1.57 bits per heavy atom. The predicted octanol–water partition coefficient (Wildman–Crippen LogP) is 1.76. The number of aryl methyl sites for hydroxylation is 1. The van der Waals surface area contributed by atoms with Crippen LogP contribution in [-0.4, -0.2) is 21.0 Å². The minimum absolute atomic E-state index is 0.0180. The third-order valence-corrected chi connectivity index (χ3v) is 3.00. The van der Waals surface area contributed by atoms with E-state index in [1.165, 1.54) is 0 Å². The molecule has 0 fully saturated rings. The molecule has 1 atom stereocenters. The minimum atomic E-state index is -0.295. The maximum atomic E-state index is 10.0. The van der Waals surface area contributed by atoms with Crippen LogP contribution in [0.15, 0.2) is 12.4 Å². The lowest BCUT2D eigenvalue weighted by atomic mass is 9.81. The fourth-order valence-corrected chi connectivity index (χ4v) is 1.31. The molecule has 80 valence electrons. The van der Waals surface area contributed by atoms with Crippen LogP contribution in [0.4, 0.5) is 0 Å².